The van der Waals surface area contributed by atoms with E-state index in [1.807, 2.05) is 13.8 Å². The number of hydrogen-bond acceptors (Lipinski definition) is 5. The summed E-state index contributed by atoms with van der Waals surface area (Å²) in [6.45, 7) is 9.72. The Morgan fingerprint density at radius 1 is 1.30 bits per heavy atom. The van der Waals surface area contributed by atoms with Gasteiger partial charge in [0.25, 0.3) is 5.91 Å². The van der Waals surface area contributed by atoms with Crippen LogP contribution in [0.5, 0.6) is 0 Å². The molecular weight excluding hydrogens is 298 g/mol. The van der Waals surface area contributed by atoms with Crippen LogP contribution in [0, 0.1) is 5.92 Å². The molecule has 132 valence electrons. The van der Waals surface area contributed by atoms with Crippen molar-refractivity contribution in [1.82, 2.24) is 9.91 Å². The van der Waals surface area contributed by atoms with Crippen LogP contribution in [-0.4, -0.2) is 46.0 Å². The SMILES string of the molecule is CC(C)CCC(=O)N(N)C(=O)[C@@H]1CCCN1C(=O)OC(C)(C)C. The molecule has 0 spiro atoms. The maximum absolute atomic E-state index is 12.4. The predicted octanol–water partition coefficient (Wildman–Crippen LogP) is 2.05. The van der Waals surface area contributed by atoms with Crippen molar-refractivity contribution < 1.29 is 19.1 Å². The topological polar surface area (TPSA) is 92.9 Å². The quantitative estimate of drug-likeness (QED) is 0.484. The normalized spacial score (nSPS) is 18.2. The van der Waals surface area contributed by atoms with Crippen LogP contribution in [0.3, 0.4) is 0 Å². The molecular formula is C16H29N3O4. The molecule has 1 rings (SSSR count). The van der Waals surface area contributed by atoms with Crippen LogP contribution >= 0.6 is 0 Å². The fourth-order valence-corrected chi connectivity index (χ4v) is 2.38. The molecule has 1 aliphatic rings. The Balaban J connectivity index is 2.70. The van der Waals surface area contributed by atoms with E-state index in [2.05, 4.69) is 0 Å². The first-order valence-electron chi connectivity index (χ1n) is 8.14. The minimum Gasteiger partial charge on any atom is -0.444 e. The van der Waals surface area contributed by atoms with Crippen molar-refractivity contribution in [2.75, 3.05) is 6.54 Å². The molecule has 0 aromatic rings. The summed E-state index contributed by atoms with van der Waals surface area (Å²) in [6.07, 6.45) is 1.52. The van der Waals surface area contributed by atoms with Gasteiger partial charge in [0.15, 0.2) is 0 Å². The summed E-state index contributed by atoms with van der Waals surface area (Å²) in [5, 5.41) is 0.662. The van der Waals surface area contributed by atoms with Gasteiger partial charge in [0.05, 0.1) is 0 Å². The van der Waals surface area contributed by atoms with E-state index >= 15 is 0 Å². The van der Waals surface area contributed by atoms with Crippen molar-refractivity contribution in [2.45, 2.75) is 71.9 Å². The summed E-state index contributed by atoms with van der Waals surface area (Å²) in [7, 11) is 0. The molecule has 0 aliphatic carbocycles. The molecule has 0 aromatic heterocycles. The molecule has 2 N–H and O–H groups in total. The van der Waals surface area contributed by atoms with Crippen LogP contribution in [0.15, 0.2) is 0 Å². The van der Waals surface area contributed by atoms with Gasteiger partial charge in [-0.05, 0) is 46.0 Å². The van der Waals surface area contributed by atoms with Crippen molar-refractivity contribution in [3.8, 4) is 0 Å². The first-order valence-corrected chi connectivity index (χ1v) is 8.14. The second kappa shape index (κ2) is 7.77. The molecule has 3 amide bonds. The van der Waals surface area contributed by atoms with Crippen molar-refractivity contribution in [3.05, 3.63) is 0 Å². The number of nitrogens with zero attached hydrogens (tertiary/aromatic N) is 2. The highest BCUT2D eigenvalue weighted by Gasteiger charge is 2.39. The number of carbonyl (C=O) groups is 3. The van der Waals surface area contributed by atoms with E-state index in [4.69, 9.17) is 10.6 Å². The average Bonchev–Trinajstić information content (AvgIpc) is 2.90. The summed E-state index contributed by atoms with van der Waals surface area (Å²) >= 11 is 0. The van der Waals surface area contributed by atoms with E-state index in [0.717, 1.165) is 0 Å². The Kier molecular flexibility index (Phi) is 6.56. The third-order valence-corrected chi connectivity index (χ3v) is 3.61. The van der Waals surface area contributed by atoms with Crippen molar-refractivity contribution >= 4 is 17.9 Å². The number of carbonyl (C=O) groups excluding carboxylic acids is 3. The van der Waals surface area contributed by atoms with Gasteiger partial charge in [-0.15, -0.1) is 0 Å². The van der Waals surface area contributed by atoms with Gasteiger partial charge in [0, 0.05) is 13.0 Å². The van der Waals surface area contributed by atoms with Crippen molar-refractivity contribution in [3.63, 3.8) is 0 Å². The highest BCUT2D eigenvalue weighted by atomic mass is 16.6. The van der Waals surface area contributed by atoms with Crippen LogP contribution in [0.1, 0.15) is 60.3 Å². The molecule has 7 nitrogen and oxygen atoms in total. The van der Waals surface area contributed by atoms with Gasteiger partial charge in [0.1, 0.15) is 11.6 Å². The van der Waals surface area contributed by atoms with E-state index in [0.29, 0.717) is 36.7 Å². The second-order valence-electron chi connectivity index (χ2n) is 7.37. The molecule has 0 unspecified atom stereocenters. The van der Waals surface area contributed by atoms with Gasteiger partial charge in [-0.1, -0.05) is 13.8 Å². The molecule has 1 saturated heterocycles. The van der Waals surface area contributed by atoms with E-state index in [9.17, 15) is 14.4 Å². The molecule has 1 fully saturated rings. The standard InChI is InChI=1S/C16H29N3O4/c1-11(2)8-9-13(20)19(17)14(21)12-7-6-10-18(12)15(22)23-16(3,4)5/h11-12H,6-10,17H2,1-5H3/t12-/m0/s1. The van der Waals surface area contributed by atoms with Crippen LogP contribution in [-0.2, 0) is 14.3 Å². The van der Waals surface area contributed by atoms with E-state index in [-0.39, 0.29) is 6.42 Å². The predicted molar refractivity (Wildman–Crippen MR) is 86.1 cm³/mol. The maximum Gasteiger partial charge on any atom is 0.410 e. The summed E-state index contributed by atoms with van der Waals surface area (Å²) < 4.78 is 5.31. The van der Waals surface area contributed by atoms with E-state index < -0.39 is 29.6 Å². The first kappa shape index (κ1) is 19.4. The molecule has 23 heavy (non-hydrogen) atoms. The molecule has 0 saturated carbocycles. The lowest BCUT2D eigenvalue weighted by atomic mass is 10.1. The third-order valence-electron chi connectivity index (χ3n) is 3.61. The highest BCUT2D eigenvalue weighted by Crippen LogP contribution is 2.22. The number of likely N-dealkylation sites (tertiary alicyclic amines) is 1. The second-order valence-corrected chi connectivity index (χ2v) is 7.37. The first-order chi connectivity index (χ1) is 10.5. The summed E-state index contributed by atoms with van der Waals surface area (Å²) in [5.41, 5.74) is -0.636. The zero-order valence-electron chi connectivity index (χ0n) is 14.8. The van der Waals surface area contributed by atoms with Crippen LogP contribution in [0.4, 0.5) is 4.79 Å². The Morgan fingerprint density at radius 3 is 2.43 bits per heavy atom. The lowest BCUT2D eigenvalue weighted by molar-refractivity contribution is -0.148. The van der Waals surface area contributed by atoms with Gasteiger partial charge < -0.3 is 4.74 Å². The van der Waals surface area contributed by atoms with Gasteiger partial charge in [-0.2, -0.15) is 0 Å². The number of amides is 3. The smallest absolute Gasteiger partial charge is 0.410 e. The van der Waals surface area contributed by atoms with Gasteiger partial charge >= 0.3 is 6.09 Å². The molecule has 1 atom stereocenters. The van der Waals surface area contributed by atoms with Crippen molar-refractivity contribution in [1.29, 1.82) is 0 Å². The molecule has 0 aromatic carbocycles. The molecule has 0 radical (unpaired) electrons. The minimum absolute atomic E-state index is 0.221. The van der Waals surface area contributed by atoms with Gasteiger partial charge in [0.2, 0.25) is 5.91 Å². The summed E-state index contributed by atoms with van der Waals surface area (Å²) in [4.78, 5) is 38.0. The van der Waals surface area contributed by atoms with Crippen LogP contribution < -0.4 is 5.84 Å². The molecule has 1 aliphatic heterocycles. The Labute approximate surface area is 138 Å². The lowest BCUT2D eigenvalue weighted by Gasteiger charge is -2.29. The fourth-order valence-electron chi connectivity index (χ4n) is 2.38. The van der Waals surface area contributed by atoms with Crippen molar-refractivity contribution in [2.24, 2.45) is 11.8 Å². The Bertz CT molecular complexity index is 457. The summed E-state index contributed by atoms with van der Waals surface area (Å²) in [5.74, 6) is 5.07. The lowest BCUT2D eigenvalue weighted by Crippen LogP contribution is -2.53. The number of hydrogen-bond donors (Lipinski definition) is 1. The zero-order chi connectivity index (χ0) is 17.8. The Morgan fingerprint density at radius 2 is 1.91 bits per heavy atom. The van der Waals surface area contributed by atoms with E-state index in [1.165, 1.54) is 4.90 Å². The highest BCUT2D eigenvalue weighted by molar-refractivity contribution is 5.98. The van der Waals surface area contributed by atoms with Crippen LogP contribution in [0.25, 0.3) is 0 Å². The van der Waals surface area contributed by atoms with Gasteiger partial charge in [-0.25, -0.2) is 15.6 Å². The zero-order valence-corrected chi connectivity index (χ0v) is 14.8. The molecule has 7 heteroatoms. The van der Waals surface area contributed by atoms with E-state index in [1.54, 1.807) is 20.8 Å². The Hall–Kier alpha value is -1.63. The molecule has 1 heterocycles. The average molecular weight is 327 g/mol. The number of nitrogens with two attached hydrogens (primary N) is 1. The molecule has 0 bridgehead atoms. The maximum atomic E-state index is 12.4. The third kappa shape index (κ3) is 5.82. The van der Waals surface area contributed by atoms with Crippen LogP contribution in [0.2, 0.25) is 0 Å². The number of hydrazine groups is 1. The number of rotatable bonds is 4. The summed E-state index contributed by atoms with van der Waals surface area (Å²) in [6, 6.07) is -0.724. The van der Waals surface area contributed by atoms with Gasteiger partial charge in [-0.3, -0.25) is 14.5 Å². The number of imide groups is 1. The monoisotopic (exact) mass is 327 g/mol. The minimum atomic E-state index is -0.724. The fraction of sp³-hybridized carbons (Fsp3) is 0.812. The number of ether oxygens (including phenoxy) is 1. The largest absolute Gasteiger partial charge is 0.444 e.